The van der Waals surface area contributed by atoms with Crippen LogP contribution < -0.4 is 4.90 Å². The highest BCUT2D eigenvalue weighted by molar-refractivity contribution is 7.21. The first-order chi connectivity index (χ1) is 22.3. The zero-order valence-corrected chi connectivity index (χ0v) is 25.0. The van der Waals surface area contributed by atoms with E-state index in [1.165, 1.54) is 26.6 Å². The lowest BCUT2D eigenvalue weighted by Gasteiger charge is -2.26. The van der Waals surface area contributed by atoms with E-state index in [-0.39, 0.29) is 0 Å². The van der Waals surface area contributed by atoms with Gasteiger partial charge in [-0.3, -0.25) is 0 Å². The van der Waals surface area contributed by atoms with E-state index in [4.69, 9.17) is 9.40 Å². The van der Waals surface area contributed by atoms with Crippen molar-refractivity contribution in [1.82, 2.24) is 4.98 Å². The Morgan fingerprint density at radius 3 is 2.02 bits per heavy atom. The van der Waals surface area contributed by atoms with Crippen LogP contribution >= 0.6 is 11.3 Å². The van der Waals surface area contributed by atoms with Crippen LogP contribution in [0.2, 0.25) is 0 Å². The molecule has 0 aliphatic rings. The van der Waals surface area contributed by atoms with Gasteiger partial charge in [-0.1, -0.05) is 91.0 Å². The van der Waals surface area contributed by atoms with Crippen LogP contribution in [-0.2, 0) is 0 Å². The Labute approximate surface area is 264 Å². The van der Waals surface area contributed by atoms with Gasteiger partial charge >= 0.3 is 0 Å². The number of rotatable bonds is 5. The number of hydrogen-bond donors (Lipinski definition) is 0. The Kier molecular flexibility index (Phi) is 6.00. The van der Waals surface area contributed by atoms with Crippen molar-refractivity contribution in [3.8, 4) is 21.7 Å². The molecule has 0 fully saturated rings. The van der Waals surface area contributed by atoms with Crippen LogP contribution in [-0.4, -0.2) is 4.98 Å². The summed E-state index contributed by atoms with van der Waals surface area (Å²) in [4.78, 5) is 7.19. The van der Waals surface area contributed by atoms with Gasteiger partial charge < -0.3 is 9.32 Å². The van der Waals surface area contributed by atoms with Gasteiger partial charge in [0.15, 0.2) is 0 Å². The van der Waals surface area contributed by atoms with Gasteiger partial charge in [0.2, 0.25) is 0 Å². The Bertz CT molecular complexity index is 2460. The highest BCUT2D eigenvalue weighted by Crippen LogP contribution is 2.41. The molecule has 0 saturated carbocycles. The van der Waals surface area contributed by atoms with Crippen LogP contribution in [0.15, 0.2) is 162 Å². The minimum atomic E-state index is 0.864. The number of fused-ring (bicyclic) bond motifs is 5. The Morgan fingerprint density at radius 1 is 0.467 bits per heavy atom. The Hall–Kier alpha value is -5.71. The number of furan rings is 1. The lowest BCUT2D eigenvalue weighted by molar-refractivity contribution is 0.669. The Balaban J connectivity index is 1.17. The average Bonchev–Trinajstić information content (AvgIpc) is 3.70. The minimum Gasteiger partial charge on any atom is -0.456 e. The summed E-state index contributed by atoms with van der Waals surface area (Å²) in [5, 5.41) is 5.61. The van der Waals surface area contributed by atoms with Crippen molar-refractivity contribution in [1.29, 1.82) is 0 Å². The van der Waals surface area contributed by atoms with Gasteiger partial charge in [0.05, 0.1) is 10.2 Å². The van der Waals surface area contributed by atoms with E-state index < -0.39 is 0 Å². The minimum absolute atomic E-state index is 0.864. The second-order valence-corrected chi connectivity index (χ2v) is 12.3. The standard InChI is InChI=1S/C41H26N2OS/c1-2-8-27(9-3-1)29-14-18-32(19-15-29)43(33-20-16-28-10-4-5-11-30(28)24-33)34-21-23-38-36(26-34)35-22-17-31(25-39(35)44-38)41-42-37-12-6-7-13-40(37)45-41/h1-26H. The number of hydrogen-bond acceptors (Lipinski definition) is 4. The normalized spacial score (nSPS) is 11.6. The molecule has 0 unspecified atom stereocenters. The van der Waals surface area contributed by atoms with Crippen LogP contribution in [0.25, 0.3) is 64.6 Å². The second-order valence-electron chi connectivity index (χ2n) is 11.3. The maximum Gasteiger partial charge on any atom is 0.136 e. The number of para-hydroxylation sites is 1. The molecular weight excluding hydrogens is 569 g/mol. The molecule has 0 aliphatic carbocycles. The third-order valence-electron chi connectivity index (χ3n) is 8.48. The molecule has 0 spiro atoms. The molecule has 0 radical (unpaired) electrons. The molecule has 3 nitrogen and oxygen atoms in total. The van der Waals surface area contributed by atoms with Crippen molar-refractivity contribution in [3.05, 3.63) is 158 Å². The first-order valence-electron chi connectivity index (χ1n) is 15.0. The largest absolute Gasteiger partial charge is 0.456 e. The molecule has 2 aromatic heterocycles. The zero-order chi connectivity index (χ0) is 29.7. The van der Waals surface area contributed by atoms with E-state index in [0.29, 0.717) is 0 Å². The third-order valence-corrected chi connectivity index (χ3v) is 9.56. The summed E-state index contributed by atoms with van der Waals surface area (Å²) >= 11 is 1.71. The first-order valence-corrected chi connectivity index (χ1v) is 15.9. The van der Waals surface area contributed by atoms with Gasteiger partial charge in [-0.05, 0) is 88.6 Å². The van der Waals surface area contributed by atoms with Gasteiger partial charge in [0.25, 0.3) is 0 Å². The van der Waals surface area contributed by atoms with Gasteiger partial charge in [0, 0.05) is 33.4 Å². The highest BCUT2D eigenvalue weighted by Gasteiger charge is 2.17. The summed E-state index contributed by atoms with van der Waals surface area (Å²) in [5.74, 6) is 0. The summed E-state index contributed by atoms with van der Waals surface area (Å²) in [5.41, 5.74) is 9.49. The van der Waals surface area contributed by atoms with Crippen molar-refractivity contribution in [2.24, 2.45) is 0 Å². The molecule has 45 heavy (non-hydrogen) atoms. The summed E-state index contributed by atoms with van der Waals surface area (Å²) in [6, 6.07) is 55.7. The van der Waals surface area contributed by atoms with Crippen LogP contribution in [0.5, 0.6) is 0 Å². The number of anilines is 3. The monoisotopic (exact) mass is 594 g/mol. The fourth-order valence-electron chi connectivity index (χ4n) is 6.23. The van der Waals surface area contributed by atoms with Crippen molar-refractivity contribution in [2.75, 3.05) is 4.90 Å². The molecule has 7 aromatic carbocycles. The number of aromatic nitrogens is 1. The van der Waals surface area contributed by atoms with E-state index in [0.717, 1.165) is 55.1 Å². The molecule has 0 N–H and O–H groups in total. The highest BCUT2D eigenvalue weighted by atomic mass is 32.1. The molecule has 9 aromatic rings. The van der Waals surface area contributed by atoms with Crippen LogP contribution in [0.1, 0.15) is 0 Å². The summed E-state index contributed by atoms with van der Waals surface area (Å²) in [7, 11) is 0. The number of thiazole rings is 1. The van der Waals surface area contributed by atoms with Crippen LogP contribution in [0.3, 0.4) is 0 Å². The van der Waals surface area contributed by atoms with E-state index in [1.54, 1.807) is 11.3 Å². The van der Waals surface area contributed by atoms with Gasteiger partial charge in [-0.2, -0.15) is 0 Å². The molecular formula is C41H26N2OS. The van der Waals surface area contributed by atoms with E-state index in [2.05, 4.69) is 157 Å². The van der Waals surface area contributed by atoms with Gasteiger partial charge in [0.1, 0.15) is 16.2 Å². The first kappa shape index (κ1) is 25.8. The Morgan fingerprint density at radius 2 is 1.16 bits per heavy atom. The predicted octanol–water partition coefficient (Wildman–Crippen LogP) is 12.2. The zero-order valence-electron chi connectivity index (χ0n) is 24.2. The fraction of sp³-hybridized carbons (Fsp3) is 0. The quantitative estimate of drug-likeness (QED) is 0.198. The van der Waals surface area contributed by atoms with E-state index in [9.17, 15) is 0 Å². The molecule has 0 bridgehead atoms. The van der Waals surface area contributed by atoms with Crippen molar-refractivity contribution in [3.63, 3.8) is 0 Å². The van der Waals surface area contributed by atoms with Crippen molar-refractivity contribution >= 4 is 71.3 Å². The number of benzene rings is 7. The predicted molar refractivity (Wildman–Crippen MR) is 190 cm³/mol. The lowest BCUT2D eigenvalue weighted by atomic mass is 10.0. The van der Waals surface area contributed by atoms with E-state index in [1.807, 2.05) is 6.07 Å². The van der Waals surface area contributed by atoms with Gasteiger partial charge in [-0.25, -0.2) is 4.98 Å². The SMILES string of the molecule is c1ccc(-c2ccc(N(c3ccc4ccccc4c3)c3ccc4oc5cc(-c6nc7ccccc7s6)ccc5c4c3)cc2)cc1. The summed E-state index contributed by atoms with van der Waals surface area (Å²) < 4.78 is 7.60. The van der Waals surface area contributed by atoms with Crippen molar-refractivity contribution in [2.45, 2.75) is 0 Å². The smallest absolute Gasteiger partial charge is 0.136 e. The number of nitrogens with zero attached hydrogens (tertiary/aromatic N) is 2. The topological polar surface area (TPSA) is 29.3 Å². The molecule has 0 amide bonds. The molecule has 4 heteroatoms. The lowest BCUT2D eigenvalue weighted by Crippen LogP contribution is -2.09. The van der Waals surface area contributed by atoms with E-state index >= 15 is 0 Å². The van der Waals surface area contributed by atoms with Crippen LogP contribution in [0, 0.1) is 0 Å². The molecule has 0 aliphatic heterocycles. The molecule has 2 heterocycles. The molecule has 0 saturated heterocycles. The molecule has 9 rings (SSSR count). The summed E-state index contributed by atoms with van der Waals surface area (Å²) in [6.07, 6.45) is 0. The van der Waals surface area contributed by atoms with Gasteiger partial charge in [-0.15, -0.1) is 11.3 Å². The maximum atomic E-state index is 6.42. The maximum absolute atomic E-state index is 6.42. The van der Waals surface area contributed by atoms with Crippen LogP contribution in [0.4, 0.5) is 17.1 Å². The average molecular weight is 595 g/mol. The molecule has 212 valence electrons. The van der Waals surface area contributed by atoms with Crippen molar-refractivity contribution < 1.29 is 4.42 Å². The summed E-state index contributed by atoms with van der Waals surface area (Å²) in [6.45, 7) is 0. The second kappa shape index (κ2) is 10.5. The third kappa shape index (κ3) is 4.55. The molecule has 0 atom stereocenters. The fourth-order valence-corrected chi connectivity index (χ4v) is 7.19.